The summed E-state index contributed by atoms with van der Waals surface area (Å²) in [4.78, 5) is 43.9. The minimum Gasteiger partial charge on any atom is -0.508 e. The molecule has 2 aromatic carbocycles. The second kappa shape index (κ2) is 11.1. The molecule has 1 aliphatic carbocycles. The first-order valence-corrected chi connectivity index (χ1v) is 13.3. The van der Waals surface area contributed by atoms with Crippen molar-refractivity contribution in [2.24, 2.45) is 0 Å². The monoisotopic (exact) mass is 530 g/mol. The van der Waals surface area contributed by atoms with Crippen molar-refractivity contribution in [2.45, 2.75) is 19.8 Å². The van der Waals surface area contributed by atoms with Gasteiger partial charge in [-0.15, -0.1) is 0 Å². The number of aromatic nitrogens is 1. The molecule has 1 aromatic heterocycles. The van der Waals surface area contributed by atoms with E-state index in [4.69, 9.17) is 14.5 Å². The number of hydrogen-bond donors (Lipinski definition) is 1. The van der Waals surface area contributed by atoms with Crippen LogP contribution in [0.4, 0.5) is 0 Å². The number of amides is 1. The van der Waals surface area contributed by atoms with Gasteiger partial charge in [-0.25, -0.2) is 14.6 Å². The average Bonchev–Trinajstić information content (AvgIpc) is 3.46. The van der Waals surface area contributed by atoms with E-state index in [9.17, 15) is 19.5 Å². The lowest BCUT2D eigenvalue weighted by Crippen LogP contribution is -2.29. The van der Waals surface area contributed by atoms with E-state index in [1.807, 2.05) is 42.5 Å². The van der Waals surface area contributed by atoms with E-state index in [0.717, 1.165) is 34.2 Å². The van der Waals surface area contributed by atoms with E-state index in [0.29, 0.717) is 22.5 Å². The Labute approximate surface area is 223 Å². The second-order valence-corrected chi connectivity index (χ2v) is 9.79. The maximum Gasteiger partial charge on any atom is 0.339 e. The third kappa shape index (κ3) is 5.28. The van der Waals surface area contributed by atoms with Crippen LogP contribution in [0.1, 0.15) is 40.5 Å². The number of carbonyl (C=O) groups excluding carboxylic acids is 3. The predicted octanol–water partition coefficient (Wildman–Crippen LogP) is 4.56. The topological polar surface area (TPSA) is 106 Å². The van der Waals surface area contributed by atoms with Gasteiger partial charge in [0.2, 0.25) is 5.91 Å². The smallest absolute Gasteiger partial charge is 0.339 e. The maximum atomic E-state index is 13.4. The van der Waals surface area contributed by atoms with Crippen LogP contribution < -0.4 is 0 Å². The quantitative estimate of drug-likeness (QED) is 0.350. The van der Waals surface area contributed by atoms with Crippen LogP contribution in [0, 0.1) is 0 Å². The first kappa shape index (κ1) is 25.5. The fourth-order valence-corrected chi connectivity index (χ4v) is 5.60. The van der Waals surface area contributed by atoms with Gasteiger partial charge in [0.05, 0.1) is 46.8 Å². The lowest BCUT2D eigenvalue weighted by atomic mass is 10.0. The molecular weight excluding hydrogens is 504 g/mol. The van der Waals surface area contributed by atoms with Crippen molar-refractivity contribution < 1.29 is 29.0 Å². The predicted molar refractivity (Wildman–Crippen MR) is 145 cm³/mol. The Bertz CT molecular complexity index is 1480. The van der Waals surface area contributed by atoms with E-state index in [-0.39, 0.29) is 37.2 Å². The Morgan fingerprint density at radius 1 is 1.11 bits per heavy atom. The van der Waals surface area contributed by atoms with Crippen molar-refractivity contribution in [3.05, 3.63) is 82.0 Å². The number of carbonyl (C=O) groups is 3. The summed E-state index contributed by atoms with van der Waals surface area (Å²) in [6.07, 6.45) is 4.69. The van der Waals surface area contributed by atoms with Crippen LogP contribution >= 0.6 is 11.8 Å². The second-order valence-electron chi connectivity index (χ2n) is 8.80. The van der Waals surface area contributed by atoms with Crippen molar-refractivity contribution in [1.29, 1.82) is 0 Å². The molecule has 9 heteroatoms. The number of thioether (sulfide) groups is 1. The number of aromatic hydroxyl groups is 1. The van der Waals surface area contributed by atoms with E-state index < -0.39 is 11.9 Å². The highest BCUT2D eigenvalue weighted by atomic mass is 32.2. The fourth-order valence-electron chi connectivity index (χ4n) is 4.64. The summed E-state index contributed by atoms with van der Waals surface area (Å²) in [7, 11) is 0. The highest BCUT2D eigenvalue weighted by molar-refractivity contribution is 8.04. The molecule has 0 bridgehead atoms. The summed E-state index contributed by atoms with van der Waals surface area (Å²) in [5.74, 6) is -0.716. The molecule has 2 heterocycles. The maximum absolute atomic E-state index is 13.4. The van der Waals surface area contributed by atoms with E-state index in [1.165, 1.54) is 22.7 Å². The largest absolute Gasteiger partial charge is 0.508 e. The van der Waals surface area contributed by atoms with Crippen LogP contribution in [-0.2, 0) is 25.5 Å². The van der Waals surface area contributed by atoms with Crippen LogP contribution in [0.3, 0.4) is 0 Å². The number of para-hydroxylation sites is 1. The minimum atomic E-state index is -0.512. The molecule has 0 saturated carbocycles. The Morgan fingerprint density at radius 3 is 2.68 bits per heavy atom. The number of esters is 2. The van der Waals surface area contributed by atoms with Crippen LogP contribution in [0.15, 0.2) is 59.6 Å². The van der Waals surface area contributed by atoms with Crippen molar-refractivity contribution >= 4 is 52.2 Å². The number of phenols is 1. The molecule has 1 fully saturated rings. The number of fused-ring (bicyclic) bond motifs is 2. The summed E-state index contributed by atoms with van der Waals surface area (Å²) in [6, 6.07) is 14.4. The van der Waals surface area contributed by atoms with Crippen LogP contribution in [-0.4, -0.2) is 58.3 Å². The number of nitrogens with zero attached hydrogens (tertiary/aromatic N) is 2. The number of hydrogen-bond acceptors (Lipinski definition) is 8. The Morgan fingerprint density at radius 2 is 1.89 bits per heavy atom. The van der Waals surface area contributed by atoms with Gasteiger partial charge in [-0.2, -0.15) is 0 Å². The normalized spacial score (nSPS) is 16.9. The van der Waals surface area contributed by atoms with Crippen molar-refractivity contribution in [3.8, 4) is 5.75 Å². The van der Waals surface area contributed by atoms with E-state index in [2.05, 4.69) is 0 Å². The Balaban J connectivity index is 1.39. The number of benzene rings is 2. The molecular formula is C29H26N2O6S. The molecule has 8 nitrogen and oxygen atoms in total. The highest BCUT2D eigenvalue weighted by Gasteiger charge is 2.30. The number of phenolic OH excluding ortho intramolecular Hbond substituents is 1. The highest BCUT2D eigenvalue weighted by Crippen LogP contribution is 2.38. The SMILES string of the molecule is CCOC(=O)/C=C1\SCC(=O)N1CCOC(=O)c1c2c(nc3ccccc13)/C(=C\c1ccc(O)cc1)CC2. The van der Waals surface area contributed by atoms with Gasteiger partial charge in [0.15, 0.2) is 0 Å². The Kier molecular flexibility index (Phi) is 7.46. The summed E-state index contributed by atoms with van der Waals surface area (Å²) in [5, 5.41) is 10.8. The van der Waals surface area contributed by atoms with Crippen LogP contribution in [0.5, 0.6) is 5.75 Å². The van der Waals surface area contributed by atoms with E-state index >= 15 is 0 Å². The molecule has 0 unspecified atom stereocenters. The molecule has 0 atom stereocenters. The molecule has 1 aliphatic heterocycles. The van der Waals surface area contributed by atoms with Crippen molar-refractivity contribution in [1.82, 2.24) is 9.88 Å². The average molecular weight is 531 g/mol. The summed E-state index contributed by atoms with van der Waals surface area (Å²) in [6.45, 7) is 2.08. The summed E-state index contributed by atoms with van der Waals surface area (Å²) in [5.41, 5.74) is 4.75. The van der Waals surface area contributed by atoms with Crippen molar-refractivity contribution in [3.63, 3.8) is 0 Å². The first-order chi connectivity index (χ1) is 18.4. The molecule has 1 N–H and O–H groups in total. The Hall–Kier alpha value is -4.11. The van der Waals surface area contributed by atoms with Gasteiger partial charge in [-0.3, -0.25) is 4.79 Å². The summed E-state index contributed by atoms with van der Waals surface area (Å²) < 4.78 is 10.6. The van der Waals surface area contributed by atoms with Crippen molar-refractivity contribution in [2.75, 3.05) is 25.5 Å². The van der Waals surface area contributed by atoms with Gasteiger partial charge in [0, 0.05) is 5.39 Å². The van der Waals surface area contributed by atoms with Gasteiger partial charge in [-0.05, 0) is 60.7 Å². The zero-order chi connectivity index (χ0) is 26.6. The van der Waals surface area contributed by atoms with Gasteiger partial charge < -0.3 is 19.5 Å². The molecule has 0 radical (unpaired) electrons. The molecule has 5 rings (SSSR count). The van der Waals surface area contributed by atoms with Crippen LogP contribution in [0.25, 0.3) is 22.6 Å². The first-order valence-electron chi connectivity index (χ1n) is 12.3. The fraction of sp³-hybridized carbons (Fsp3) is 0.241. The van der Waals surface area contributed by atoms with Crippen LogP contribution in [0.2, 0.25) is 0 Å². The number of ether oxygens (including phenoxy) is 2. The lowest BCUT2D eigenvalue weighted by molar-refractivity contribution is -0.137. The molecule has 2 aliphatic rings. The molecule has 1 saturated heterocycles. The van der Waals surface area contributed by atoms with Gasteiger partial charge in [0.25, 0.3) is 0 Å². The third-order valence-corrected chi connectivity index (χ3v) is 7.39. The zero-order valence-electron chi connectivity index (χ0n) is 20.8. The van der Waals surface area contributed by atoms with Gasteiger partial charge in [-0.1, -0.05) is 42.1 Å². The third-order valence-electron chi connectivity index (χ3n) is 6.37. The molecule has 38 heavy (non-hydrogen) atoms. The molecule has 1 amide bonds. The number of rotatable bonds is 7. The standard InChI is InChI=1S/C29H26N2O6S/c1-2-36-26(34)16-25-31(24(33)17-38-25)13-14-37-29(35)27-21-5-3-4-6-23(21)30-28-19(9-12-22(27)28)15-18-7-10-20(32)11-8-18/h3-8,10-11,15-16,32H,2,9,12-14,17H2,1H3/b19-15-,25-16-. The minimum absolute atomic E-state index is 0.0209. The summed E-state index contributed by atoms with van der Waals surface area (Å²) >= 11 is 1.26. The van der Waals surface area contributed by atoms with E-state index in [1.54, 1.807) is 19.1 Å². The van der Waals surface area contributed by atoms with Gasteiger partial charge >= 0.3 is 11.9 Å². The number of allylic oxidation sites excluding steroid dienone is 1. The zero-order valence-corrected chi connectivity index (χ0v) is 21.6. The lowest BCUT2D eigenvalue weighted by Gasteiger charge is -2.17. The van der Waals surface area contributed by atoms with Gasteiger partial charge in [0.1, 0.15) is 12.4 Å². The number of pyridine rings is 1. The molecule has 0 spiro atoms. The molecule has 194 valence electrons. The molecule has 3 aromatic rings.